The maximum Gasteiger partial charge on any atom is 0.162 e. The van der Waals surface area contributed by atoms with E-state index in [1.54, 1.807) is 12.4 Å². The quantitative estimate of drug-likeness (QED) is 0.727. The Morgan fingerprint density at radius 3 is 2.64 bits per heavy atom. The molecule has 1 aliphatic rings. The Morgan fingerprint density at radius 1 is 1.12 bits per heavy atom. The topological polar surface area (TPSA) is 72.6 Å². The summed E-state index contributed by atoms with van der Waals surface area (Å²) in [5.74, 6) is 0.701. The molecule has 0 saturated carbocycles. The molecule has 0 aromatic carbocycles. The SMILES string of the molecule is Cc1nn(C)c(C)c1CN1CCc2nc(-c3cncnc3)ncc2C1. The van der Waals surface area contributed by atoms with Gasteiger partial charge in [0.2, 0.25) is 0 Å². The fourth-order valence-electron chi connectivity index (χ4n) is 3.33. The largest absolute Gasteiger partial charge is 0.294 e. The van der Waals surface area contributed by atoms with E-state index < -0.39 is 0 Å². The van der Waals surface area contributed by atoms with Crippen LogP contribution < -0.4 is 0 Å². The van der Waals surface area contributed by atoms with Gasteiger partial charge in [0.25, 0.3) is 0 Å². The van der Waals surface area contributed by atoms with E-state index in [0.29, 0.717) is 5.82 Å². The minimum Gasteiger partial charge on any atom is -0.294 e. The molecule has 25 heavy (non-hydrogen) atoms. The van der Waals surface area contributed by atoms with Gasteiger partial charge in [-0.25, -0.2) is 19.9 Å². The predicted molar refractivity (Wildman–Crippen MR) is 93.6 cm³/mol. The van der Waals surface area contributed by atoms with E-state index in [1.165, 1.54) is 23.1 Å². The van der Waals surface area contributed by atoms with Crippen LogP contribution in [0.3, 0.4) is 0 Å². The van der Waals surface area contributed by atoms with E-state index in [9.17, 15) is 0 Å². The van der Waals surface area contributed by atoms with Crippen molar-refractivity contribution in [2.45, 2.75) is 33.4 Å². The summed E-state index contributed by atoms with van der Waals surface area (Å²) in [5, 5.41) is 4.52. The summed E-state index contributed by atoms with van der Waals surface area (Å²) in [6.45, 7) is 6.98. The van der Waals surface area contributed by atoms with Crippen molar-refractivity contribution in [2.24, 2.45) is 7.05 Å². The van der Waals surface area contributed by atoms with Gasteiger partial charge in [-0.3, -0.25) is 9.58 Å². The summed E-state index contributed by atoms with van der Waals surface area (Å²) in [5.41, 5.74) is 6.86. The highest BCUT2D eigenvalue weighted by Crippen LogP contribution is 2.23. The van der Waals surface area contributed by atoms with Crippen LogP contribution in [0.4, 0.5) is 0 Å². The molecule has 0 atom stereocenters. The van der Waals surface area contributed by atoms with Crippen LogP contribution >= 0.6 is 0 Å². The monoisotopic (exact) mass is 335 g/mol. The molecule has 0 fully saturated rings. The van der Waals surface area contributed by atoms with E-state index in [4.69, 9.17) is 4.98 Å². The Labute approximate surface area is 146 Å². The van der Waals surface area contributed by atoms with Crippen molar-refractivity contribution in [1.29, 1.82) is 0 Å². The molecule has 1 aliphatic heterocycles. The van der Waals surface area contributed by atoms with Gasteiger partial charge in [-0.2, -0.15) is 5.10 Å². The van der Waals surface area contributed by atoms with E-state index in [0.717, 1.165) is 43.0 Å². The lowest BCUT2D eigenvalue weighted by atomic mass is 10.1. The van der Waals surface area contributed by atoms with Crippen LogP contribution in [0.5, 0.6) is 0 Å². The Morgan fingerprint density at radius 2 is 1.92 bits per heavy atom. The average Bonchev–Trinajstić information content (AvgIpc) is 2.88. The fraction of sp³-hybridized carbons (Fsp3) is 0.389. The van der Waals surface area contributed by atoms with Crippen molar-refractivity contribution in [2.75, 3.05) is 6.54 Å². The van der Waals surface area contributed by atoms with E-state index >= 15 is 0 Å². The molecule has 0 spiro atoms. The zero-order valence-corrected chi connectivity index (χ0v) is 14.8. The summed E-state index contributed by atoms with van der Waals surface area (Å²) < 4.78 is 1.96. The van der Waals surface area contributed by atoms with Gasteiger partial charge < -0.3 is 0 Å². The molecule has 4 heterocycles. The maximum atomic E-state index is 4.73. The van der Waals surface area contributed by atoms with E-state index in [2.05, 4.69) is 38.8 Å². The number of aryl methyl sites for hydroxylation is 2. The first-order valence-electron chi connectivity index (χ1n) is 8.43. The molecular weight excluding hydrogens is 314 g/mol. The van der Waals surface area contributed by atoms with E-state index in [-0.39, 0.29) is 0 Å². The first-order chi connectivity index (χ1) is 12.1. The first-order valence-corrected chi connectivity index (χ1v) is 8.43. The van der Waals surface area contributed by atoms with Gasteiger partial charge in [-0.05, 0) is 13.8 Å². The lowest BCUT2D eigenvalue weighted by molar-refractivity contribution is 0.242. The lowest BCUT2D eigenvalue weighted by Crippen LogP contribution is -2.31. The van der Waals surface area contributed by atoms with Gasteiger partial charge in [0.05, 0.1) is 17.0 Å². The summed E-state index contributed by atoms with van der Waals surface area (Å²) in [6, 6.07) is 0. The third kappa shape index (κ3) is 3.02. The van der Waals surface area contributed by atoms with Crippen molar-refractivity contribution in [3.8, 4) is 11.4 Å². The molecule has 0 amide bonds. The summed E-state index contributed by atoms with van der Waals surface area (Å²) >= 11 is 0. The molecule has 0 bridgehead atoms. The van der Waals surface area contributed by atoms with Crippen molar-refractivity contribution >= 4 is 0 Å². The van der Waals surface area contributed by atoms with Crippen molar-refractivity contribution in [3.63, 3.8) is 0 Å². The van der Waals surface area contributed by atoms with Gasteiger partial charge in [0, 0.05) is 68.5 Å². The van der Waals surface area contributed by atoms with Crippen molar-refractivity contribution < 1.29 is 0 Å². The second-order valence-corrected chi connectivity index (χ2v) is 6.53. The highest BCUT2D eigenvalue weighted by molar-refractivity contribution is 5.52. The Bertz CT molecular complexity index is 901. The molecule has 0 unspecified atom stereocenters. The van der Waals surface area contributed by atoms with Gasteiger partial charge in [0.1, 0.15) is 6.33 Å². The normalized spacial score (nSPS) is 14.5. The smallest absolute Gasteiger partial charge is 0.162 e. The molecule has 0 radical (unpaired) electrons. The molecule has 7 nitrogen and oxygen atoms in total. The zero-order valence-electron chi connectivity index (χ0n) is 14.8. The molecule has 0 aliphatic carbocycles. The highest BCUT2D eigenvalue weighted by Gasteiger charge is 2.21. The van der Waals surface area contributed by atoms with Gasteiger partial charge in [-0.1, -0.05) is 0 Å². The Kier molecular flexibility index (Phi) is 4.01. The molecule has 7 heteroatoms. The molecule has 0 saturated heterocycles. The van der Waals surface area contributed by atoms with Crippen LogP contribution in [0, 0.1) is 13.8 Å². The minimum absolute atomic E-state index is 0.701. The van der Waals surface area contributed by atoms with Crippen LogP contribution in [0.25, 0.3) is 11.4 Å². The van der Waals surface area contributed by atoms with E-state index in [1.807, 2.05) is 17.9 Å². The fourth-order valence-corrected chi connectivity index (χ4v) is 3.33. The third-order valence-corrected chi connectivity index (χ3v) is 4.87. The number of rotatable bonds is 3. The second-order valence-electron chi connectivity index (χ2n) is 6.53. The summed E-state index contributed by atoms with van der Waals surface area (Å²) in [4.78, 5) is 19.8. The van der Waals surface area contributed by atoms with Gasteiger partial charge in [0.15, 0.2) is 5.82 Å². The van der Waals surface area contributed by atoms with Crippen molar-refractivity contribution in [3.05, 3.63) is 53.1 Å². The molecule has 3 aromatic rings. The number of fused-ring (bicyclic) bond motifs is 1. The number of aromatic nitrogens is 6. The lowest BCUT2D eigenvalue weighted by Gasteiger charge is -2.28. The first kappa shape index (κ1) is 15.8. The standard InChI is InChI=1S/C18H21N7/c1-12-16(13(2)24(3)23-12)10-25-5-4-17-15(9-25)8-21-18(22-17)14-6-19-11-20-7-14/h6-8,11H,4-5,9-10H2,1-3H3. The maximum absolute atomic E-state index is 4.73. The molecular formula is C18H21N7. The molecule has 4 rings (SSSR count). The Hall–Kier alpha value is -2.67. The average molecular weight is 335 g/mol. The van der Waals surface area contributed by atoms with Crippen LogP contribution in [0.15, 0.2) is 24.9 Å². The van der Waals surface area contributed by atoms with Crippen LogP contribution in [-0.4, -0.2) is 41.2 Å². The Balaban J connectivity index is 1.54. The molecule has 128 valence electrons. The van der Waals surface area contributed by atoms with Crippen molar-refractivity contribution in [1.82, 2.24) is 34.6 Å². The predicted octanol–water partition coefficient (Wildman–Crippen LogP) is 1.84. The molecule has 3 aromatic heterocycles. The van der Waals surface area contributed by atoms with Crippen LogP contribution in [-0.2, 0) is 26.6 Å². The number of nitrogens with zero attached hydrogens (tertiary/aromatic N) is 7. The number of hydrogen-bond acceptors (Lipinski definition) is 6. The summed E-state index contributed by atoms with van der Waals surface area (Å²) in [6.07, 6.45) is 7.88. The van der Waals surface area contributed by atoms with Crippen LogP contribution in [0.2, 0.25) is 0 Å². The number of hydrogen-bond donors (Lipinski definition) is 0. The van der Waals surface area contributed by atoms with Gasteiger partial charge >= 0.3 is 0 Å². The highest BCUT2D eigenvalue weighted by atomic mass is 15.3. The molecule has 0 N–H and O–H groups in total. The second kappa shape index (κ2) is 6.33. The third-order valence-electron chi connectivity index (χ3n) is 4.87. The zero-order chi connectivity index (χ0) is 17.4. The van der Waals surface area contributed by atoms with Crippen LogP contribution in [0.1, 0.15) is 28.2 Å². The van der Waals surface area contributed by atoms with Gasteiger partial charge in [-0.15, -0.1) is 0 Å². The summed E-state index contributed by atoms with van der Waals surface area (Å²) in [7, 11) is 2.00. The minimum atomic E-state index is 0.701.